The smallest absolute Gasteiger partial charge is 0.343 e. The van der Waals surface area contributed by atoms with Gasteiger partial charge in [0.15, 0.2) is 0 Å². The second kappa shape index (κ2) is 9.87. The molecule has 6 heteroatoms. The molecule has 2 aromatic carbocycles. The fourth-order valence-electron chi connectivity index (χ4n) is 3.24. The van der Waals surface area contributed by atoms with Crippen LogP contribution in [0.4, 0.5) is 0 Å². The summed E-state index contributed by atoms with van der Waals surface area (Å²) in [7, 11) is 0. The second-order valence-electron chi connectivity index (χ2n) is 8.32. The van der Waals surface area contributed by atoms with E-state index < -0.39 is 5.60 Å². The van der Waals surface area contributed by atoms with E-state index in [4.69, 9.17) is 14.2 Å². The van der Waals surface area contributed by atoms with Crippen LogP contribution in [-0.4, -0.2) is 48.7 Å². The summed E-state index contributed by atoms with van der Waals surface area (Å²) in [5, 5.41) is 0. The van der Waals surface area contributed by atoms with Crippen LogP contribution < -0.4 is 4.74 Å². The van der Waals surface area contributed by atoms with Crippen LogP contribution in [0.2, 0.25) is 0 Å². The van der Waals surface area contributed by atoms with Crippen molar-refractivity contribution in [3.8, 4) is 5.75 Å². The highest BCUT2D eigenvalue weighted by atomic mass is 16.6. The van der Waals surface area contributed by atoms with Gasteiger partial charge >= 0.3 is 11.9 Å². The van der Waals surface area contributed by atoms with Crippen LogP contribution in [0, 0.1) is 0 Å². The fourth-order valence-corrected chi connectivity index (χ4v) is 3.24. The van der Waals surface area contributed by atoms with Crippen molar-refractivity contribution < 1.29 is 23.8 Å². The Morgan fingerprint density at radius 3 is 2.43 bits per heavy atom. The number of nitrogens with zero attached hydrogens (tertiary/aromatic N) is 1. The third-order valence-electron chi connectivity index (χ3n) is 4.67. The summed E-state index contributed by atoms with van der Waals surface area (Å²) in [4.78, 5) is 26.3. The fraction of sp³-hybridized carbons (Fsp3) is 0.417. The molecule has 0 saturated carbocycles. The first-order valence-corrected chi connectivity index (χ1v) is 10.2. The Morgan fingerprint density at radius 2 is 1.77 bits per heavy atom. The first-order valence-electron chi connectivity index (χ1n) is 10.2. The van der Waals surface area contributed by atoms with Crippen molar-refractivity contribution in [3.05, 3.63) is 65.7 Å². The lowest BCUT2D eigenvalue weighted by Gasteiger charge is -2.33. The van der Waals surface area contributed by atoms with E-state index in [1.807, 2.05) is 39.0 Å². The van der Waals surface area contributed by atoms with Crippen LogP contribution in [0.1, 0.15) is 49.2 Å². The normalized spacial score (nSPS) is 17.4. The molecule has 160 valence electrons. The van der Waals surface area contributed by atoms with Crippen molar-refractivity contribution in [2.24, 2.45) is 0 Å². The number of esters is 2. The number of benzene rings is 2. The molecule has 1 aliphatic rings. The Bertz CT molecular complexity index is 842. The maximum atomic E-state index is 12.2. The minimum atomic E-state index is -0.462. The zero-order valence-electron chi connectivity index (χ0n) is 17.8. The van der Waals surface area contributed by atoms with Crippen LogP contribution >= 0.6 is 0 Å². The Kier molecular flexibility index (Phi) is 7.24. The van der Waals surface area contributed by atoms with Gasteiger partial charge in [-0.1, -0.05) is 30.3 Å². The van der Waals surface area contributed by atoms with Gasteiger partial charge in [0.05, 0.1) is 24.7 Å². The molecule has 0 spiro atoms. The van der Waals surface area contributed by atoms with Gasteiger partial charge in [-0.05, 0) is 50.6 Å². The van der Waals surface area contributed by atoms with Crippen LogP contribution in [0.15, 0.2) is 54.6 Å². The third-order valence-corrected chi connectivity index (χ3v) is 4.67. The van der Waals surface area contributed by atoms with Gasteiger partial charge in [-0.2, -0.15) is 0 Å². The number of hydrogen-bond donors (Lipinski definition) is 0. The Morgan fingerprint density at radius 1 is 1.07 bits per heavy atom. The summed E-state index contributed by atoms with van der Waals surface area (Å²) >= 11 is 0. The first kappa shape index (κ1) is 22.0. The molecule has 1 atom stereocenters. The highest BCUT2D eigenvalue weighted by Crippen LogP contribution is 2.25. The molecule has 30 heavy (non-hydrogen) atoms. The maximum absolute atomic E-state index is 12.2. The molecule has 0 N–H and O–H groups in total. The van der Waals surface area contributed by atoms with E-state index in [0.717, 1.165) is 12.1 Å². The predicted molar refractivity (Wildman–Crippen MR) is 113 cm³/mol. The van der Waals surface area contributed by atoms with Crippen molar-refractivity contribution in [1.29, 1.82) is 0 Å². The molecular weight excluding hydrogens is 382 g/mol. The average molecular weight is 411 g/mol. The van der Waals surface area contributed by atoms with Crippen molar-refractivity contribution in [2.45, 2.75) is 38.9 Å². The average Bonchev–Trinajstić information content (AvgIpc) is 2.72. The van der Waals surface area contributed by atoms with Crippen LogP contribution in [0.3, 0.4) is 0 Å². The summed E-state index contributed by atoms with van der Waals surface area (Å²) in [5.74, 6) is -0.0779. The standard InChI is InChI=1S/C24H29NO5/c1-24(2,3)30-22(26)13-14-25-15-16-28-21(17-25)18-9-11-20(12-10-18)29-23(27)19-7-5-4-6-8-19/h4-12,21H,13-17H2,1-3H3. The van der Waals surface area contributed by atoms with Gasteiger partial charge in [0, 0.05) is 19.6 Å². The van der Waals surface area contributed by atoms with Crippen LogP contribution in [-0.2, 0) is 14.3 Å². The molecule has 0 radical (unpaired) electrons. The first-order chi connectivity index (χ1) is 14.3. The Labute approximate surface area is 177 Å². The predicted octanol–water partition coefficient (Wildman–Crippen LogP) is 4.01. The van der Waals surface area contributed by atoms with Gasteiger partial charge < -0.3 is 14.2 Å². The molecule has 1 saturated heterocycles. The number of ether oxygens (including phenoxy) is 3. The second-order valence-corrected chi connectivity index (χ2v) is 8.32. The minimum absolute atomic E-state index is 0.0868. The van der Waals surface area contributed by atoms with Crippen molar-refractivity contribution in [2.75, 3.05) is 26.2 Å². The molecule has 0 aliphatic carbocycles. The van der Waals surface area contributed by atoms with E-state index in [0.29, 0.717) is 37.4 Å². The lowest BCUT2D eigenvalue weighted by molar-refractivity contribution is -0.155. The molecule has 2 aromatic rings. The summed E-state index contributed by atoms with van der Waals surface area (Å²) in [5.41, 5.74) is 1.06. The van der Waals surface area contributed by atoms with Crippen LogP contribution in [0.5, 0.6) is 5.75 Å². The van der Waals surface area contributed by atoms with Gasteiger partial charge in [0.25, 0.3) is 0 Å². The van der Waals surface area contributed by atoms with Crippen molar-refractivity contribution in [3.63, 3.8) is 0 Å². The molecule has 0 bridgehead atoms. The molecule has 6 nitrogen and oxygen atoms in total. The van der Waals surface area contributed by atoms with E-state index in [1.165, 1.54) is 0 Å². The number of rotatable bonds is 6. The molecular formula is C24H29NO5. The summed E-state index contributed by atoms with van der Waals surface area (Å²) in [6.45, 7) is 8.34. The van der Waals surface area contributed by atoms with E-state index >= 15 is 0 Å². The largest absolute Gasteiger partial charge is 0.460 e. The van der Waals surface area contributed by atoms with E-state index in [-0.39, 0.29) is 18.0 Å². The molecule has 1 heterocycles. The van der Waals surface area contributed by atoms with Crippen molar-refractivity contribution in [1.82, 2.24) is 4.90 Å². The summed E-state index contributed by atoms with van der Waals surface area (Å²) < 4.78 is 16.7. The Hall–Kier alpha value is -2.70. The summed E-state index contributed by atoms with van der Waals surface area (Å²) in [6, 6.07) is 16.3. The van der Waals surface area contributed by atoms with Crippen LogP contribution in [0.25, 0.3) is 0 Å². The highest BCUT2D eigenvalue weighted by Gasteiger charge is 2.23. The Balaban J connectivity index is 1.52. The van der Waals surface area contributed by atoms with Gasteiger partial charge in [0.1, 0.15) is 11.4 Å². The number of hydrogen-bond acceptors (Lipinski definition) is 6. The van der Waals surface area contributed by atoms with Gasteiger partial charge in [-0.3, -0.25) is 9.69 Å². The zero-order valence-corrected chi connectivity index (χ0v) is 17.8. The van der Waals surface area contributed by atoms with Gasteiger partial charge in [0.2, 0.25) is 0 Å². The highest BCUT2D eigenvalue weighted by molar-refractivity contribution is 5.90. The number of carbonyl (C=O) groups excluding carboxylic acids is 2. The van der Waals surface area contributed by atoms with Gasteiger partial charge in [-0.15, -0.1) is 0 Å². The quantitative estimate of drug-likeness (QED) is 0.529. The lowest BCUT2D eigenvalue weighted by Crippen LogP contribution is -2.39. The maximum Gasteiger partial charge on any atom is 0.343 e. The summed E-state index contributed by atoms with van der Waals surface area (Å²) in [6.07, 6.45) is 0.273. The lowest BCUT2D eigenvalue weighted by atomic mass is 10.1. The number of carbonyl (C=O) groups is 2. The van der Waals surface area contributed by atoms with E-state index in [1.54, 1.807) is 36.4 Å². The number of morpholine rings is 1. The molecule has 1 unspecified atom stereocenters. The molecule has 0 aromatic heterocycles. The van der Waals surface area contributed by atoms with Gasteiger partial charge in [-0.25, -0.2) is 4.79 Å². The molecule has 0 amide bonds. The molecule has 1 aliphatic heterocycles. The monoisotopic (exact) mass is 411 g/mol. The van der Waals surface area contributed by atoms with E-state index in [9.17, 15) is 9.59 Å². The molecule has 3 rings (SSSR count). The van der Waals surface area contributed by atoms with Crippen molar-refractivity contribution >= 4 is 11.9 Å². The minimum Gasteiger partial charge on any atom is -0.460 e. The zero-order chi connectivity index (χ0) is 21.6. The third kappa shape index (κ3) is 6.68. The SMILES string of the molecule is CC(C)(C)OC(=O)CCN1CCOC(c2ccc(OC(=O)c3ccccc3)cc2)C1. The molecule has 1 fully saturated rings. The topological polar surface area (TPSA) is 65.1 Å². The van der Waals surface area contributed by atoms with E-state index in [2.05, 4.69) is 4.90 Å².